The summed E-state index contributed by atoms with van der Waals surface area (Å²) >= 11 is 0. The first-order valence-electron chi connectivity index (χ1n) is 8.20. The van der Waals surface area contributed by atoms with Gasteiger partial charge >= 0.3 is 5.69 Å². The van der Waals surface area contributed by atoms with Gasteiger partial charge < -0.3 is 24.1 Å². The van der Waals surface area contributed by atoms with Crippen LogP contribution >= 0.6 is 0 Å². The number of benzene rings is 1. The average molecular weight is 357 g/mol. The van der Waals surface area contributed by atoms with E-state index in [1.165, 1.54) is 4.57 Å². The number of aromatic nitrogens is 2. The van der Waals surface area contributed by atoms with Gasteiger partial charge in [0.25, 0.3) is 0 Å². The summed E-state index contributed by atoms with van der Waals surface area (Å²) in [4.78, 5) is 16.3. The third-order valence-electron chi connectivity index (χ3n) is 4.49. The van der Waals surface area contributed by atoms with Crippen molar-refractivity contribution in [3.8, 4) is 17.1 Å². The Balaban J connectivity index is 1.72. The van der Waals surface area contributed by atoms with Gasteiger partial charge in [-0.15, -0.1) is 0 Å². The van der Waals surface area contributed by atoms with Crippen LogP contribution in [0.1, 0.15) is 12.6 Å². The number of nitrogens with zero attached hydrogens (tertiary/aromatic N) is 2. The molecule has 0 saturated carbocycles. The standard InChI is InChI=1S/C18H18N2O6/c1-24-12-4-2-3-10(5-12)14-6-11-8-20(18(23)19-17(11)26-14)16-7-13(22)15(9-21)25-16/h2-6,8,13,15-16,21-22H,7,9H2,1H3/t13-,15+,16+/m0/s1/i1-1. The van der Waals surface area contributed by atoms with Crippen molar-refractivity contribution >= 4 is 11.1 Å². The van der Waals surface area contributed by atoms with Crippen molar-refractivity contribution in [2.45, 2.75) is 24.9 Å². The van der Waals surface area contributed by atoms with Crippen LogP contribution < -0.4 is 10.4 Å². The predicted octanol–water partition coefficient (Wildman–Crippen LogP) is 1.31. The summed E-state index contributed by atoms with van der Waals surface area (Å²) in [5.74, 6) is 1.25. The van der Waals surface area contributed by atoms with Crippen LogP contribution in [0, 0.1) is 0 Å². The van der Waals surface area contributed by atoms with Crippen molar-refractivity contribution in [3.63, 3.8) is 0 Å². The molecule has 3 aromatic rings. The Morgan fingerprint density at radius 2 is 2.23 bits per heavy atom. The van der Waals surface area contributed by atoms with Gasteiger partial charge in [-0.2, -0.15) is 4.98 Å². The van der Waals surface area contributed by atoms with Crippen molar-refractivity contribution in [2.75, 3.05) is 13.7 Å². The molecule has 1 aliphatic rings. The van der Waals surface area contributed by atoms with Crippen LogP contribution in [0.5, 0.6) is 5.75 Å². The van der Waals surface area contributed by atoms with Gasteiger partial charge in [0.1, 0.15) is 23.8 Å². The summed E-state index contributed by atoms with van der Waals surface area (Å²) < 4.78 is 17.8. The summed E-state index contributed by atoms with van der Waals surface area (Å²) in [6.45, 7) is -0.312. The Bertz CT molecular complexity index is 995. The van der Waals surface area contributed by atoms with E-state index in [0.717, 1.165) is 5.56 Å². The largest absolute Gasteiger partial charge is 0.497 e. The molecule has 1 fully saturated rings. The zero-order valence-corrected chi connectivity index (χ0v) is 14.0. The van der Waals surface area contributed by atoms with Crippen LogP contribution in [0.3, 0.4) is 0 Å². The fraction of sp³-hybridized carbons (Fsp3) is 0.333. The van der Waals surface area contributed by atoms with Crippen LogP contribution in [0.2, 0.25) is 0 Å². The number of methoxy groups -OCH3 is 1. The van der Waals surface area contributed by atoms with Crippen LogP contribution in [0.4, 0.5) is 0 Å². The highest BCUT2D eigenvalue weighted by molar-refractivity contribution is 5.79. The number of ether oxygens (including phenoxy) is 2. The highest BCUT2D eigenvalue weighted by Gasteiger charge is 2.35. The van der Waals surface area contributed by atoms with E-state index < -0.39 is 24.1 Å². The second-order valence-electron chi connectivity index (χ2n) is 6.15. The highest BCUT2D eigenvalue weighted by Crippen LogP contribution is 2.31. The lowest BCUT2D eigenvalue weighted by molar-refractivity contribution is -0.0457. The quantitative estimate of drug-likeness (QED) is 0.725. The molecule has 8 nitrogen and oxygen atoms in total. The molecule has 2 aromatic heterocycles. The molecule has 0 bridgehead atoms. The molecule has 1 aliphatic heterocycles. The normalized spacial score (nSPS) is 22.8. The van der Waals surface area contributed by atoms with E-state index in [1.54, 1.807) is 19.4 Å². The van der Waals surface area contributed by atoms with Gasteiger partial charge in [-0.25, -0.2) is 4.79 Å². The minimum absolute atomic E-state index is 0.207. The second kappa shape index (κ2) is 6.56. The minimum atomic E-state index is -0.829. The molecule has 136 valence electrons. The SMILES string of the molecule is [11CH3]Oc1cccc(-c2cc3cn([C@H]4C[C@H](O)[C@@H](CO)O4)c(=O)nc3o2)c1. The van der Waals surface area contributed by atoms with Gasteiger partial charge in [-0.1, -0.05) is 12.1 Å². The van der Waals surface area contributed by atoms with Crippen molar-refractivity contribution in [1.82, 2.24) is 9.55 Å². The number of hydrogen-bond donors (Lipinski definition) is 2. The molecule has 3 atom stereocenters. The zero-order valence-electron chi connectivity index (χ0n) is 14.0. The maximum atomic E-state index is 12.3. The van der Waals surface area contributed by atoms with Crippen molar-refractivity contribution in [3.05, 3.63) is 47.0 Å². The summed E-state index contributed by atoms with van der Waals surface area (Å²) in [6, 6.07) is 9.15. The Labute approximate surface area is 148 Å². The number of aliphatic hydroxyl groups excluding tert-OH is 2. The summed E-state index contributed by atoms with van der Waals surface area (Å²) in [5.41, 5.74) is 0.482. The van der Waals surface area contributed by atoms with Crippen LogP contribution in [-0.4, -0.2) is 45.7 Å². The second-order valence-corrected chi connectivity index (χ2v) is 6.15. The van der Waals surface area contributed by atoms with Gasteiger partial charge in [0, 0.05) is 18.2 Å². The monoisotopic (exact) mass is 357 g/mol. The Morgan fingerprint density at radius 1 is 1.38 bits per heavy atom. The highest BCUT2D eigenvalue weighted by atomic mass is 16.5. The third kappa shape index (κ3) is 2.88. The molecule has 0 amide bonds. The fourth-order valence-corrected chi connectivity index (χ4v) is 3.10. The fourth-order valence-electron chi connectivity index (χ4n) is 3.10. The lowest BCUT2D eigenvalue weighted by Gasteiger charge is -2.13. The first-order valence-corrected chi connectivity index (χ1v) is 8.20. The predicted molar refractivity (Wildman–Crippen MR) is 91.9 cm³/mol. The van der Waals surface area contributed by atoms with E-state index in [9.17, 15) is 15.0 Å². The van der Waals surface area contributed by atoms with E-state index in [2.05, 4.69) is 4.98 Å². The molecule has 0 radical (unpaired) electrons. The molecular weight excluding hydrogens is 339 g/mol. The lowest BCUT2D eigenvalue weighted by atomic mass is 10.1. The van der Waals surface area contributed by atoms with Gasteiger partial charge in [0.05, 0.1) is 25.2 Å². The molecule has 1 saturated heterocycles. The number of hydrogen-bond acceptors (Lipinski definition) is 7. The van der Waals surface area contributed by atoms with Crippen molar-refractivity contribution < 1.29 is 24.1 Å². The van der Waals surface area contributed by atoms with E-state index in [1.807, 2.05) is 24.3 Å². The van der Waals surface area contributed by atoms with Gasteiger partial charge in [0.2, 0.25) is 5.71 Å². The number of fused-ring (bicyclic) bond motifs is 1. The number of furan rings is 1. The average Bonchev–Trinajstić information content (AvgIpc) is 3.23. The molecule has 0 spiro atoms. The number of aliphatic hydroxyl groups is 2. The molecule has 1 aromatic carbocycles. The Kier molecular flexibility index (Phi) is 4.23. The summed E-state index contributed by atoms with van der Waals surface area (Å²) in [7, 11) is 1.58. The summed E-state index contributed by atoms with van der Waals surface area (Å²) in [6.07, 6.45) is -0.418. The number of rotatable bonds is 4. The van der Waals surface area contributed by atoms with Gasteiger partial charge in [-0.05, 0) is 18.2 Å². The third-order valence-corrected chi connectivity index (χ3v) is 4.49. The molecule has 2 N–H and O–H groups in total. The molecule has 0 aliphatic carbocycles. The van der Waals surface area contributed by atoms with Crippen LogP contribution in [0.25, 0.3) is 22.4 Å². The van der Waals surface area contributed by atoms with Crippen LogP contribution in [-0.2, 0) is 4.74 Å². The molecule has 0 unspecified atom stereocenters. The Morgan fingerprint density at radius 3 is 2.96 bits per heavy atom. The van der Waals surface area contributed by atoms with Crippen molar-refractivity contribution in [1.29, 1.82) is 0 Å². The molecule has 4 rings (SSSR count). The molecule has 3 heterocycles. The van der Waals surface area contributed by atoms with E-state index in [0.29, 0.717) is 16.9 Å². The first kappa shape index (κ1) is 16.8. The lowest BCUT2D eigenvalue weighted by Crippen LogP contribution is -2.27. The zero-order chi connectivity index (χ0) is 18.3. The molecular formula is C18H18N2O6. The van der Waals surface area contributed by atoms with Gasteiger partial charge in [0.15, 0.2) is 0 Å². The first-order chi connectivity index (χ1) is 12.6. The van der Waals surface area contributed by atoms with E-state index in [-0.39, 0.29) is 18.7 Å². The smallest absolute Gasteiger partial charge is 0.353 e. The maximum Gasteiger partial charge on any atom is 0.353 e. The van der Waals surface area contributed by atoms with E-state index >= 15 is 0 Å². The van der Waals surface area contributed by atoms with Crippen LogP contribution in [0.15, 0.2) is 45.7 Å². The minimum Gasteiger partial charge on any atom is -0.497 e. The summed E-state index contributed by atoms with van der Waals surface area (Å²) in [5, 5.41) is 19.7. The molecule has 8 heteroatoms. The van der Waals surface area contributed by atoms with Crippen molar-refractivity contribution in [2.24, 2.45) is 0 Å². The molecule has 26 heavy (non-hydrogen) atoms. The topological polar surface area (TPSA) is 107 Å². The Hall–Kier alpha value is -2.68. The van der Waals surface area contributed by atoms with Gasteiger partial charge in [-0.3, -0.25) is 4.57 Å². The maximum absolute atomic E-state index is 12.3. The van der Waals surface area contributed by atoms with E-state index in [4.69, 9.17) is 13.9 Å².